The molecule has 2 aromatic carbocycles. The van der Waals surface area contributed by atoms with Crippen molar-refractivity contribution in [3.63, 3.8) is 0 Å². The van der Waals surface area contributed by atoms with Gasteiger partial charge in [-0.15, -0.1) is 17.9 Å². The molecule has 154 valence electrons. The normalized spacial score (nSPS) is 10.4. The van der Waals surface area contributed by atoms with Crippen LogP contribution in [0.15, 0.2) is 84.8 Å². The zero-order chi connectivity index (χ0) is 21.3. The predicted molar refractivity (Wildman–Crippen MR) is 123 cm³/mol. The summed E-state index contributed by atoms with van der Waals surface area (Å²) in [6.07, 6.45) is 1.62. The maximum Gasteiger partial charge on any atom is 0.254 e. The van der Waals surface area contributed by atoms with Gasteiger partial charge in [0.2, 0.25) is 5.91 Å². The van der Waals surface area contributed by atoms with Crippen LogP contribution >= 0.6 is 22.9 Å². The first-order chi connectivity index (χ1) is 14.6. The van der Waals surface area contributed by atoms with Crippen molar-refractivity contribution in [1.29, 1.82) is 0 Å². The predicted octanol–water partition coefficient (Wildman–Crippen LogP) is 5.26. The maximum atomic E-state index is 13.2. The highest BCUT2D eigenvalue weighted by atomic mass is 35.5. The molecule has 6 heteroatoms. The monoisotopic (exact) mass is 438 g/mol. The lowest BCUT2D eigenvalue weighted by molar-refractivity contribution is -0.133. The molecule has 1 heterocycles. The first-order valence-electron chi connectivity index (χ1n) is 9.56. The van der Waals surface area contributed by atoms with Gasteiger partial charge in [0.25, 0.3) is 5.91 Å². The van der Waals surface area contributed by atoms with Crippen LogP contribution in [0.25, 0.3) is 0 Å². The van der Waals surface area contributed by atoms with Crippen molar-refractivity contribution in [2.24, 2.45) is 0 Å². The fraction of sp³-hybridized carbons (Fsp3) is 0.167. The summed E-state index contributed by atoms with van der Waals surface area (Å²) in [5.74, 6) is -0.369. The third-order valence-corrected chi connectivity index (χ3v) is 5.63. The number of carbonyl (C=O) groups is 2. The summed E-state index contributed by atoms with van der Waals surface area (Å²) >= 11 is 7.64. The molecule has 0 saturated carbocycles. The topological polar surface area (TPSA) is 40.6 Å². The zero-order valence-corrected chi connectivity index (χ0v) is 18.1. The molecule has 0 radical (unpaired) electrons. The molecule has 0 aliphatic heterocycles. The van der Waals surface area contributed by atoms with Gasteiger partial charge in [-0.2, -0.15) is 0 Å². The van der Waals surface area contributed by atoms with E-state index in [-0.39, 0.29) is 24.9 Å². The standard InChI is InChI=1S/C24H23ClN2O2S/c1-2-13-26(24(29)20-10-6-11-21(25)15-20)18-23(28)27(17-22-12-7-14-30-22)16-19-8-4-3-5-9-19/h2-12,14-15H,1,13,16-18H2. The van der Waals surface area contributed by atoms with Crippen LogP contribution in [-0.4, -0.2) is 34.7 Å². The van der Waals surface area contributed by atoms with E-state index in [9.17, 15) is 9.59 Å². The Hall–Kier alpha value is -2.89. The van der Waals surface area contributed by atoms with Crippen molar-refractivity contribution in [1.82, 2.24) is 9.80 Å². The summed E-state index contributed by atoms with van der Waals surface area (Å²) in [6.45, 7) is 4.95. The molecule has 3 aromatic rings. The van der Waals surface area contributed by atoms with Gasteiger partial charge < -0.3 is 9.80 Å². The Bertz CT molecular complexity index is 989. The molecule has 0 fully saturated rings. The van der Waals surface area contributed by atoms with Gasteiger partial charge in [-0.05, 0) is 35.2 Å². The van der Waals surface area contributed by atoms with Gasteiger partial charge in [-0.1, -0.05) is 60.1 Å². The van der Waals surface area contributed by atoms with Crippen LogP contribution in [0, 0.1) is 0 Å². The molecule has 0 aliphatic rings. The summed E-state index contributed by atoms with van der Waals surface area (Å²) < 4.78 is 0. The van der Waals surface area contributed by atoms with Crippen LogP contribution in [0.4, 0.5) is 0 Å². The van der Waals surface area contributed by atoms with Crippen LogP contribution in [-0.2, 0) is 17.9 Å². The SMILES string of the molecule is C=CCN(CC(=O)N(Cc1ccccc1)Cc1cccs1)C(=O)c1cccc(Cl)c1. The second-order valence-corrected chi connectivity index (χ2v) is 8.27. The summed E-state index contributed by atoms with van der Waals surface area (Å²) in [7, 11) is 0. The molecule has 0 N–H and O–H groups in total. The van der Waals surface area contributed by atoms with Crippen molar-refractivity contribution in [2.75, 3.05) is 13.1 Å². The lowest BCUT2D eigenvalue weighted by Gasteiger charge is -2.27. The molecule has 0 atom stereocenters. The van der Waals surface area contributed by atoms with Crippen molar-refractivity contribution >= 4 is 34.8 Å². The summed E-state index contributed by atoms with van der Waals surface area (Å²) in [5.41, 5.74) is 1.49. The molecule has 0 spiro atoms. The number of amides is 2. The molecule has 30 heavy (non-hydrogen) atoms. The molecule has 0 saturated heterocycles. The molecule has 3 rings (SSSR count). The number of thiophene rings is 1. The molecular weight excluding hydrogens is 416 g/mol. The minimum Gasteiger partial charge on any atom is -0.332 e. The third-order valence-electron chi connectivity index (χ3n) is 4.53. The molecule has 2 amide bonds. The Balaban J connectivity index is 1.78. The van der Waals surface area contributed by atoms with Gasteiger partial charge in [0, 0.05) is 28.6 Å². The lowest BCUT2D eigenvalue weighted by atomic mass is 10.2. The van der Waals surface area contributed by atoms with E-state index >= 15 is 0 Å². The van der Waals surface area contributed by atoms with E-state index in [1.165, 1.54) is 4.90 Å². The fourth-order valence-electron chi connectivity index (χ4n) is 3.07. The quantitative estimate of drug-likeness (QED) is 0.427. The highest BCUT2D eigenvalue weighted by Gasteiger charge is 2.22. The second kappa shape index (κ2) is 10.8. The van der Waals surface area contributed by atoms with E-state index in [1.54, 1.807) is 46.6 Å². The summed E-state index contributed by atoms with van der Waals surface area (Å²) in [5, 5.41) is 2.47. The average molecular weight is 439 g/mol. The first kappa shape index (κ1) is 21.8. The van der Waals surface area contributed by atoms with E-state index in [1.807, 2.05) is 47.8 Å². The Morgan fingerprint density at radius 3 is 2.43 bits per heavy atom. The molecule has 0 bridgehead atoms. The molecule has 4 nitrogen and oxygen atoms in total. The van der Waals surface area contributed by atoms with E-state index in [4.69, 9.17) is 11.6 Å². The van der Waals surface area contributed by atoms with Crippen LogP contribution in [0.5, 0.6) is 0 Å². The second-order valence-electron chi connectivity index (χ2n) is 6.80. The van der Waals surface area contributed by atoms with E-state index < -0.39 is 0 Å². The number of benzene rings is 2. The number of rotatable bonds is 9. The van der Waals surface area contributed by atoms with E-state index in [2.05, 4.69) is 6.58 Å². The smallest absolute Gasteiger partial charge is 0.254 e. The Labute approximate surface area is 186 Å². The largest absolute Gasteiger partial charge is 0.332 e. The fourth-order valence-corrected chi connectivity index (χ4v) is 3.98. The van der Waals surface area contributed by atoms with Gasteiger partial charge in [0.05, 0.1) is 6.54 Å². The van der Waals surface area contributed by atoms with Crippen LogP contribution < -0.4 is 0 Å². The number of hydrogen-bond donors (Lipinski definition) is 0. The molecule has 0 aliphatic carbocycles. The highest BCUT2D eigenvalue weighted by molar-refractivity contribution is 7.09. The average Bonchev–Trinajstić information content (AvgIpc) is 3.26. The van der Waals surface area contributed by atoms with Gasteiger partial charge in [-0.25, -0.2) is 0 Å². The minimum absolute atomic E-state index is 0.0322. The zero-order valence-electron chi connectivity index (χ0n) is 16.5. The van der Waals surface area contributed by atoms with Gasteiger partial charge >= 0.3 is 0 Å². The van der Waals surface area contributed by atoms with Crippen LogP contribution in [0.1, 0.15) is 20.8 Å². The first-order valence-corrected chi connectivity index (χ1v) is 10.8. The number of hydrogen-bond acceptors (Lipinski definition) is 3. The van der Waals surface area contributed by atoms with Crippen molar-refractivity contribution in [3.8, 4) is 0 Å². The third kappa shape index (κ3) is 6.05. The summed E-state index contributed by atoms with van der Waals surface area (Å²) in [4.78, 5) is 30.6. The van der Waals surface area contributed by atoms with E-state index in [0.29, 0.717) is 23.7 Å². The Kier molecular flexibility index (Phi) is 7.82. The Morgan fingerprint density at radius 1 is 0.967 bits per heavy atom. The Morgan fingerprint density at radius 2 is 1.77 bits per heavy atom. The van der Waals surface area contributed by atoms with Crippen LogP contribution in [0.3, 0.4) is 0 Å². The van der Waals surface area contributed by atoms with Crippen molar-refractivity contribution in [3.05, 3.63) is 106 Å². The van der Waals surface area contributed by atoms with E-state index in [0.717, 1.165) is 10.4 Å². The molecular formula is C24H23ClN2O2S. The van der Waals surface area contributed by atoms with Gasteiger partial charge in [0.1, 0.15) is 6.54 Å². The maximum absolute atomic E-state index is 13.2. The summed E-state index contributed by atoms with van der Waals surface area (Å²) in [6, 6.07) is 20.6. The lowest BCUT2D eigenvalue weighted by Crippen LogP contribution is -2.42. The van der Waals surface area contributed by atoms with Gasteiger partial charge in [-0.3, -0.25) is 9.59 Å². The van der Waals surface area contributed by atoms with Gasteiger partial charge in [0.15, 0.2) is 0 Å². The number of halogens is 1. The van der Waals surface area contributed by atoms with Crippen molar-refractivity contribution in [2.45, 2.75) is 13.1 Å². The molecule has 1 aromatic heterocycles. The number of nitrogens with zero attached hydrogens (tertiary/aromatic N) is 2. The molecule has 0 unspecified atom stereocenters. The van der Waals surface area contributed by atoms with Crippen LogP contribution in [0.2, 0.25) is 5.02 Å². The van der Waals surface area contributed by atoms with Crippen molar-refractivity contribution < 1.29 is 9.59 Å². The number of carbonyl (C=O) groups excluding carboxylic acids is 2. The highest BCUT2D eigenvalue weighted by Crippen LogP contribution is 2.17. The minimum atomic E-state index is -0.249.